The molecule has 0 spiro atoms. The lowest BCUT2D eigenvalue weighted by Crippen LogP contribution is -1.99. The molecule has 18 heavy (non-hydrogen) atoms. The molecule has 0 aliphatic rings. The van der Waals surface area contributed by atoms with E-state index in [1.807, 2.05) is 24.3 Å². The molecule has 0 unspecified atom stereocenters. The van der Waals surface area contributed by atoms with Crippen LogP contribution in [0, 0.1) is 6.08 Å². The normalized spacial score (nSPS) is 10.8. The number of aromatic amines is 1. The van der Waals surface area contributed by atoms with Crippen molar-refractivity contribution in [3.63, 3.8) is 0 Å². The summed E-state index contributed by atoms with van der Waals surface area (Å²) >= 11 is 3.35. The number of hydrogen-bond acceptors (Lipinski definition) is 4. The second kappa shape index (κ2) is 4.34. The average molecular weight is 308 g/mol. The molecule has 3 rings (SSSR count). The van der Waals surface area contributed by atoms with E-state index < -0.39 is 6.08 Å². The monoisotopic (exact) mass is 307 g/mol. The SMILES string of the molecule is Fc1nc(Nc2ccc(Br)cc2)c2[nH]cnc2n1. The van der Waals surface area contributed by atoms with E-state index in [-0.39, 0.29) is 0 Å². The Hall–Kier alpha value is -2.02. The van der Waals surface area contributed by atoms with Gasteiger partial charge in [-0.25, -0.2) is 4.98 Å². The van der Waals surface area contributed by atoms with Gasteiger partial charge in [0, 0.05) is 10.2 Å². The number of imidazole rings is 1. The van der Waals surface area contributed by atoms with Crippen LogP contribution in [0.3, 0.4) is 0 Å². The maximum atomic E-state index is 13.2. The van der Waals surface area contributed by atoms with Gasteiger partial charge in [0.2, 0.25) is 0 Å². The van der Waals surface area contributed by atoms with Gasteiger partial charge in [-0.15, -0.1) is 0 Å². The largest absolute Gasteiger partial charge is 0.340 e. The number of anilines is 2. The standard InChI is InChI=1S/C11H7BrFN5/c12-6-1-3-7(4-2-6)16-10-8-9(15-5-14-8)17-11(13)18-10/h1-5H,(H2,14,15,16,17,18). The van der Waals surface area contributed by atoms with E-state index in [1.165, 1.54) is 6.33 Å². The van der Waals surface area contributed by atoms with Crippen LogP contribution in [0.4, 0.5) is 15.9 Å². The predicted molar refractivity (Wildman–Crippen MR) is 69.1 cm³/mol. The molecule has 0 fully saturated rings. The minimum absolute atomic E-state index is 0.294. The fraction of sp³-hybridized carbons (Fsp3) is 0. The van der Waals surface area contributed by atoms with Gasteiger partial charge in [-0.05, 0) is 24.3 Å². The van der Waals surface area contributed by atoms with Crippen LogP contribution in [0.2, 0.25) is 0 Å². The van der Waals surface area contributed by atoms with Crippen molar-refractivity contribution in [1.29, 1.82) is 0 Å². The van der Waals surface area contributed by atoms with Gasteiger partial charge in [0.05, 0.1) is 6.33 Å². The van der Waals surface area contributed by atoms with Crippen LogP contribution >= 0.6 is 15.9 Å². The van der Waals surface area contributed by atoms with Gasteiger partial charge >= 0.3 is 6.08 Å². The molecule has 3 aromatic rings. The Morgan fingerprint density at radius 2 is 1.94 bits per heavy atom. The van der Waals surface area contributed by atoms with Crippen LogP contribution in [0.1, 0.15) is 0 Å². The molecule has 2 heterocycles. The molecule has 0 radical (unpaired) electrons. The quantitative estimate of drug-likeness (QED) is 0.714. The highest BCUT2D eigenvalue weighted by molar-refractivity contribution is 9.10. The van der Waals surface area contributed by atoms with E-state index >= 15 is 0 Å². The number of aromatic nitrogens is 4. The summed E-state index contributed by atoms with van der Waals surface area (Å²) in [6.07, 6.45) is 0.639. The van der Waals surface area contributed by atoms with Crippen molar-refractivity contribution in [3.05, 3.63) is 41.1 Å². The fourth-order valence-electron chi connectivity index (χ4n) is 1.57. The molecule has 1 aromatic carbocycles. The third-order valence-corrected chi connectivity index (χ3v) is 2.89. The number of hydrogen-bond donors (Lipinski definition) is 2. The highest BCUT2D eigenvalue weighted by Gasteiger charge is 2.09. The molecule has 5 nitrogen and oxygen atoms in total. The molecule has 0 bridgehead atoms. The number of nitrogens with zero attached hydrogens (tertiary/aromatic N) is 3. The van der Waals surface area contributed by atoms with Crippen molar-refractivity contribution >= 4 is 38.6 Å². The number of benzene rings is 1. The lowest BCUT2D eigenvalue weighted by Gasteiger charge is -2.06. The third kappa shape index (κ3) is 2.04. The van der Waals surface area contributed by atoms with E-state index in [0.29, 0.717) is 17.0 Å². The zero-order valence-electron chi connectivity index (χ0n) is 8.98. The number of halogens is 2. The molecule has 0 saturated carbocycles. The van der Waals surface area contributed by atoms with E-state index in [1.54, 1.807) is 0 Å². The Kier molecular flexibility index (Phi) is 2.67. The Bertz CT molecular complexity index is 694. The average Bonchev–Trinajstić information content (AvgIpc) is 2.80. The second-order valence-corrected chi connectivity index (χ2v) is 4.49. The summed E-state index contributed by atoms with van der Waals surface area (Å²) in [5, 5.41) is 3.02. The maximum absolute atomic E-state index is 13.2. The van der Waals surface area contributed by atoms with Crippen molar-refractivity contribution < 1.29 is 4.39 Å². The molecule has 0 aliphatic heterocycles. The van der Waals surface area contributed by atoms with Crippen molar-refractivity contribution in [1.82, 2.24) is 19.9 Å². The first-order chi connectivity index (χ1) is 8.72. The van der Waals surface area contributed by atoms with Crippen LogP contribution in [0.5, 0.6) is 0 Å². The summed E-state index contributed by atoms with van der Waals surface area (Å²) in [5.41, 5.74) is 1.66. The molecule has 7 heteroatoms. The Balaban J connectivity index is 2.03. The minimum Gasteiger partial charge on any atom is -0.340 e. The first-order valence-electron chi connectivity index (χ1n) is 5.11. The van der Waals surface area contributed by atoms with Crippen LogP contribution < -0.4 is 5.32 Å². The van der Waals surface area contributed by atoms with Crippen molar-refractivity contribution in [3.8, 4) is 0 Å². The van der Waals surface area contributed by atoms with Gasteiger partial charge in [-0.3, -0.25) is 0 Å². The third-order valence-electron chi connectivity index (χ3n) is 2.37. The highest BCUT2D eigenvalue weighted by atomic mass is 79.9. The first kappa shape index (κ1) is 11.1. The maximum Gasteiger partial charge on any atom is 0.312 e. The molecule has 2 aromatic heterocycles. The molecule has 90 valence electrons. The van der Waals surface area contributed by atoms with Crippen LogP contribution in [-0.2, 0) is 0 Å². The zero-order valence-corrected chi connectivity index (χ0v) is 10.6. The number of H-pyrrole nitrogens is 1. The first-order valence-corrected chi connectivity index (χ1v) is 5.91. The second-order valence-electron chi connectivity index (χ2n) is 3.57. The van der Waals surface area contributed by atoms with Gasteiger partial charge in [-0.2, -0.15) is 14.4 Å². The van der Waals surface area contributed by atoms with E-state index in [0.717, 1.165) is 10.2 Å². The molecular weight excluding hydrogens is 301 g/mol. The lowest BCUT2D eigenvalue weighted by atomic mass is 10.3. The van der Waals surface area contributed by atoms with Crippen LogP contribution in [-0.4, -0.2) is 19.9 Å². The highest BCUT2D eigenvalue weighted by Crippen LogP contribution is 2.22. The number of nitrogens with one attached hydrogen (secondary N) is 2. The summed E-state index contributed by atoms with van der Waals surface area (Å²) in [6.45, 7) is 0. The lowest BCUT2D eigenvalue weighted by molar-refractivity contribution is 0.545. The van der Waals surface area contributed by atoms with Crippen molar-refractivity contribution in [2.45, 2.75) is 0 Å². The molecule has 0 saturated heterocycles. The van der Waals surface area contributed by atoms with Crippen molar-refractivity contribution in [2.75, 3.05) is 5.32 Å². The summed E-state index contributed by atoms with van der Waals surface area (Å²) < 4.78 is 14.2. The summed E-state index contributed by atoms with van der Waals surface area (Å²) in [7, 11) is 0. The number of rotatable bonds is 2. The van der Waals surface area contributed by atoms with Gasteiger partial charge < -0.3 is 10.3 Å². The van der Waals surface area contributed by atoms with Gasteiger partial charge in [0.25, 0.3) is 0 Å². The molecular formula is C11H7BrFN5. The van der Waals surface area contributed by atoms with E-state index in [4.69, 9.17) is 0 Å². The van der Waals surface area contributed by atoms with Crippen LogP contribution in [0.25, 0.3) is 11.2 Å². The zero-order chi connectivity index (χ0) is 12.5. The molecule has 0 aliphatic carbocycles. The number of fused-ring (bicyclic) bond motifs is 1. The van der Waals surface area contributed by atoms with Gasteiger partial charge in [0.15, 0.2) is 11.5 Å². The Labute approximate surface area is 110 Å². The Morgan fingerprint density at radius 3 is 2.72 bits per heavy atom. The minimum atomic E-state index is -0.811. The van der Waals surface area contributed by atoms with E-state index in [9.17, 15) is 4.39 Å². The van der Waals surface area contributed by atoms with Gasteiger partial charge in [0.1, 0.15) is 5.52 Å². The Morgan fingerprint density at radius 1 is 1.17 bits per heavy atom. The smallest absolute Gasteiger partial charge is 0.312 e. The predicted octanol–water partition coefficient (Wildman–Crippen LogP) is 3.00. The molecule has 0 amide bonds. The summed E-state index contributed by atoms with van der Waals surface area (Å²) in [5.74, 6) is 0.359. The molecule has 0 atom stereocenters. The van der Waals surface area contributed by atoms with Gasteiger partial charge in [-0.1, -0.05) is 15.9 Å². The topological polar surface area (TPSA) is 66.5 Å². The van der Waals surface area contributed by atoms with Crippen LogP contribution in [0.15, 0.2) is 35.1 Å². The molecule has 2 N–H and O–H groups in total. The summed E-state index contributed by atoms with van der Waals surface area (Å²) in [6, 6.07) is 7.46. The fourth-order valence-corrected chi connectivity index (χ4v) is 1.83. The summed E-state index contributed by atoms with van der Waals surface area (Å²) in [4.78, 5) is 14.1. The van der Waals surface area contributed by atoms with Crippen molar-refractivity contribution in [2.24, 2.45) is 0 Å². The van der Waals surface area contributed by atoms with E-state index in [2.05, 4.69) is 41.2 Å².